The summed E-state index contributed by atoms with van der Waals surface area (Å²) >= 11 is 3.32. The first-order valence-electron chi connectivity index (χ1n) is 6.81. The fourth-order valence-electron chi connectivity index (χ4n) is 1.78. The standard InChI is InChI=1S/C16H16BrN3O3/c1-23-14-4-2-3-13(9-14)20-16(22)18-10-15(21)19-12-7-5-11(17)6-8-12/h2-9H,10H2,1H3,(H,19,21)(H2,18,20,22). The molecule has 2 aromatic rings. The smallest absolute Gasteiger partial charge is 0.319 e. The summed E-state index contributed by atoms with van der Waals surface area (Å²) in [6.45, 7) is -0.133. The Hall–Kier alpha value is -2.54. The average Bonchev–Trinajstić information content (AvgIpc) is 2.55. The van der Waals surface area contributed by atoms with Crippen molar-refractivity contribution in [2.45, 2.75) is 0 Å². The maximum absolute atomic E-state index is 11.8. The van der Waals surface area contributed by atoms with Gasteiger partial charge >= 0.3 is 6.03 Å². The lowest BCUT2D eigenvalue weighted by molar-refractivity contribution is -0.115. The summed E-state index contributed by atoms with van der Waals surface area (Å²) in [7, 11) is 1.55. The maximum atomic E-state index is 11.8. The van der Waals surface area contributed by atoms with Crippen molar-refractivity contribution < 1.29 is 14.3 Å². The Bertz CT molecular complexity index is 689. The molecule has 2 rings (SSSR count). The van der Waals surface area contributed by atoms with Crippen LogP contribution < -0.4 is 20.7 Å². The van der Waals surface area contributed by atoms with Gasteiger partial charge in [-0.15, -0.1) is 0 Å². The van der Waals surface area contributed by atoms with E-state index >= 15 is 0 Å². The molecule has 0 saturated carbocycles. The van der Waals surface area contributed by atoms with Crippen molar-refractivity contribution in [3.63, 3.8) is 0 Å². The van der Waals surface area contributed by atoms with E-state index in [4.69, 9.17) is 4.74 Å². The van der Waals surface area contributed by atoms with E-state index in [1.807, 2.05) is 12.1 Å². The third kappa shape index (κ3) is 5.63. The van der Waals surface area contributed by atoms with E-state index in [2.05, 4.69) is 31.9 Å². The molecule has 0 saturated heterocycles. The Morgan fingerprint density at radius 3 is 2.48 bits per heavy atom. The topological polar surface area (TPSA) is 79.5 Å². The number of anilines is 2. The summed E-state index contributed by atoms with van der Waals surface area (Å²) in [5.41, 5.74) is 1.24. The van der Waals surface area contributed by atoms with Crippen LogP contribution in [0.1, 0.15) is 0 Å². The minimum Gasteiger partial charge on any atom is -0.497 e. The van der Waals surface area contributed by atoms with E-state index in [0.717, 1.165) is 4.47 Å². The van der Waals surface area contributed by atoms with Gasteiger partial charge in [-0.1, -0.05) is 22.0 Å². The third-order valence-corrected chi connectivity index (χ3v) is 3.39. The predicted octanol–water partition coefficient (Wildman–Crippen LogP) is 3.22. The molecule has 0 radical (unpaired) electrons. The molecular formula is C16H16BrN3O3. The number of hydrogen-bond acceptors (Lipinski definition) is 3. The Labute approximate surface area is 142 Å². The van der Waals surface area contributed by atoms with Gasteiger partial charge in [-0.2, -0.15) is 0 Å². The predicted molar refractivity (Wildman–Crippen MR) is 92.8 cm³/mol. The van der Waals surface area contributed by atoms with Crippen LogP contribution in [0.2, 0.25) is 0 Å². The second kappa shape index (κ2) is 8.19. The van der Waals surface area contributed by atoms with Crippen LogP contribution in [0.4, 0.5) is 16.2 Å². The van der Waals surface area contributed by atoms with Gasteiger partial charge in [-0.25, -0.2) is 4.79 Å². The van der Waals surface area contributed by atoms with Crippen molar-refractivity contribution in [2.24, 2.45) is 0 Å². The first-order chi connectivity index (χ1) is 11.1. The first-order valence-corrected chi connectivity index (χ1v) is 7.60. The molecule has 7 heteroatoms. The van der Waals surface area contributed by atoms with E-state index in [-0.39, 0.29) is 12.5 Å². The van der Waals surface area contributed by atoms with Gasteiger partial charge in [0.25, 0.3) is 0 Å². The number of rotatable bonds is 5. The number of carbonyl (C=O) groups excluding carboxylic acids is 2. The number of halogens is 1. The van der Waals surface area contributed by atoms with Crippen molar-refractivity contribution in [1.82, 2.24) is 5.32 Å². The van der Waals surface area contributed by atoms with Gasteiger partial charge in [0.05, 0.1) is 13.7 Å². The molecule has 0 aromatic heterocycles. The van der Waals surface area contributed by atoms with Crippen LogP contribution in [-0.4, -0.2) is 25.6 Å². The van der Waals surface area contributed by atoms with Crippen LogP contribution in [0.25, 0.3) is 0 Å². The molecule has 0 heterocycles. The highest BCUT2D eigenvalue weighted by Crippen LogP contribution is 2.16. The summed E-state index contributed by atoms with van der Waals surface area (Å²) < 4.78 is 5.99. The number of amides is 3. The Morgan fingerprint density at radius 1 is 1.04 bits per heavy atom. The molecule has 2 aromatic carbocycles. The number of nitrogens with one attached hydrogen (secondary N) is 3. The number of methoxy groups -OCH3 is 1. The zero-order chi connectivity index (χ0) is 16.7. The lowest BCUT2D eigenvalue weighted by Crippen LogP contribution is -2.35. The highest BCUT2D eigenvalue weighted by molar-refractivity contribution is 9.10. The highest BCUT2D eigenvalue weighted by atomic mass is 79.9. The minimum absolute atomic E-state index is 0.133. The molecule has 0 unspecified atom stereocenters. The normalized spacial score (nSPS) is 9.83. The largest absolute Gasteiger partial charge is 0.497 e. The molecule has 3 amide bonds. The molecule has 3 N–H and O–H groups in total. The molecule has 0 aliphatic carbocycles. The molecule has 0 aliphatic rings. The van der Waals surface area contributed by atoms with E-state index < -0.39 is 6.03 Å². The molecule has 23 heavy (non-hydrogen) atoms. The van der Waals surface area contributed by atoms with Gasteiger partial charge in [-0.3, -0.25) is 4.79 Å². The van der Waals surface area contributed by atoms with Gasteiger partial charge in [0.2, 0.25) is 5.91 Å². The third-order valence-electron chi connectivity index (χ3n) is 2.87. The summed E-state index contributed by atoms with van der Waals surface area (Å²) in [4.78, 5) is 23.5. The summed E-state index contributed by atoms with van der Waals surface area (Å²) in [5.74, 6) is 0.323. The second-order valence-electron chi connectivity index (χ2n) is 4.59. The number of ether oxygens (including phenoxy) is 1. The fraction of sp³-hybridized carbons (Fsp3) is 0.125. The Balaban J connectivity index is 1.79. The van der Waals surface area contributed by atoms with Crippen molar-refractivity contribution in [2.75, 3.05) is 24.3 Å². The molecular weight excluding hydrogens is 362 g/mol. The minimum atomic E-state index is -0.468. The van der Waals surface area contributed by atoms with Crippen molar-refractivity contribution in [1.29, 1.82) is 0 Å². The van der Waals surface area contributed by atoms with E-state index in [1.54, 1.807) is 43.5 Å². The van der Waals surface area contributed by atoms with Crippen LogP contribution in [0, 0.1) is 0 Å². The first kappa shape index (κ1) is 16.8. The van der Waals surface area contributed by atoms with Crippen LogP contribution in [0.15, 0.2) is 53.0 Å². The molecule has 120 valence electrons. The van der Waals surface area contributed by atoms with Gasteiger partial charge in [0, 0.05) is 21.9 Å². The average molecular weight is 378 g/mol. The summed E-state index contributed by atoms with van der Waals surface area (Å²) in [5, 5.41) is 7.80. The van der Waals surface area contributed by atoms with Crippen molar-refractivity contribution in [3.8, 4) is 5.75 Å². The SMILES string of the molecule is COc1cccc(NC(=O)NCC(=O)Nc2ccc(Br)cc2)c1. The van der Waals surface area contributed by atoms with Gasteiger partial charge in [0.1, 0.15) is 5.75 Å². The molecule has 6 nitrogen and oxygen atoms in total. The van der Waals surface area contributed by atoms with Crippen LogP contribution in [0.3, 0.4) is 0 Å². The lowest BCUT2D eigenvalue weighted by atomic mass is 10.3. The zero-order valence-electron chi connectivity index (χ0n) is 12.4. The van der Waals surface area contributed by atoms with Crippen LogP contribution >= 0.6 is 15.9 Å². The fourth-order valence-corrected chi connectivity index (χ4v) is 2.04. The summed E-state index contributed by atoms with van der Waals surface area (Å²) in [6.07, 6.45) is 0. The zero-order valence-corrected chi connectivity index (χ0v) is 14.0. The Morgan fingerprint density at radius 2 is 1.78 bits per heavy atom. The van der Waals surface area contributed by atoms with Crippen LogP contribution in [-0.2, 0) is 4.79 Å². The van der Waals surface area contributed by atoms with Crippen LogP contribution in [0.5, 0.6) is 5.75 Å². The summed E-state index contributed by atoms with van der Waals surface area (Å²) in [6, 6.07) is 13.6. The van der Waals surface area contributed by atoms with Gasteiger partial charge in [0.15, 0.2) is 0 Å². The number of carbonyl (C=O) groups is 2. The number of benzene rings is 2. The molecule has 0 spiro atoms. The monoisotopic (exact) mass is 377 g/mol. The second-order valence-corrected chi connectivity index (χ2v) is 5.51. The number of urea groups is 1. The highest BCUT2D eigenvalue weighted by Gasteiger charge is 2.06. The molecule has 0 fully saturated rings. The molecule has 0 bridgehead atoms. The lowest BCUT2D eigenvalue weighted by Gasteiger charge is -2.09. The van der Waals surface area contributed by atoms with Gasteiger partial charge < -0.3 is 20.7 Å². The quantitative estimate of drug-likeness (QED) is 0.748. The van der Waals surface area contributed by atoms with Crippen molar-refractivity contribution in [3.05, 3.63) is 53.0 Å². The Kier molecular flexibility index (Phi) is 5.99. The molecule has 0 atom stereocenters. The number of hydrogen-bond donors (Lipinski definition) is 3. The van der Waals surface area contributed by atoms with E-state index in [1.165, 1.54) is 0 Å². The maximum Gasteiger partial charge on any atom is 0.319 e. The van der Waals surface area contributed by atoms with Crippen molar-refractivity contribution >= 4 is 39.2 Å². The van der Waals surface area contributed by atoms with E-state index in [9.17, 15) is 9.59 Å². The van der Waals surface area contributed by atoms with Gasteiger partial charge in [-0.05, 0) is 36.4 Å². The van der Waals surface area contributed by atoms with E-state index in [0.29, 0.717) is 17.1 Å². The molecule has 0 aliphatic heterocycles.